The molecule has 2 nitrogen and oxygen atoms in total. The molecule has 0 spiro atoms. The molecule has 0 amide bonds. The Morgan fingerprint density at radius 1 is 1.06 bits per heavy atom. The van der Waals surface area contributed by atoms with Crippen LogP contribution in [0.2, 0.25) is 0 Å². The van der Waals surface area contributed by atoms with Crippen molar-refractivity contribution in [2.45, 2.75) is 26.2 Å². The minimum atomic E-state index is -0.384. The van der Waals surface area contributed by atoms with Crippen molar-refractivity contribution in [3.05, 3.63) is 35.9 Å². The molecule has 0 atom stereocenters. The van der Waals surface area contributed by atoms with E-state index >= 15 is 0 Å². The van der Waals surface area contributed by atoms with Crippen molar-refractivity contribution >= 4 is 25.7 Å². The fourth-order valence-corrected chi connectivity index (χ4v) is 2.45. The molecule has 0 saturated carbocycles. The van der Waals surface area contributed by atoms with Gasteiger partial charge in [-0.1, -0.05) is 45.0 Å². The van der Waals surface area contributed by atoms with Crippen LogP contribution in [0.5, 0.6) is 5.75 Å². The van der Waals surface area contributed by atoms with Crippen LogP contribution in [0.15, 0.2) is 30.3 Å². The van der Waals surface area contributed by atoms with E-state index in [9.17, 15) is 9.90 Å². The number of hydrogen-bond donors (Lipinski definition) is 2. The standard InChI is InChI=1S/C14H16O2Si/c1-14(2,3)10-5-6-11-9(8-10)4-7-12(15)13(11)17-16/h4-8,15-16H,1-3H3. The van der Waals surface area contributed by atoms with Gasteiger partial charge in [0.25, 0.3) is 9.76 Å². The third kappa shape index (κ3) is 2.21. The Balaban J connectivity index is 2.69. The average molecular weight is 244 g/mol. The van der Waals surface area contributed by atoms with E-state index in [4.69, 9.17) is 0 Å². The largest absolute Gasteiger partial charge is 0.508 e. The second-order valence-electron chi connectivity index (χ2n) is 5.26. The van der Waals surface area contributed by atoms with E-state index in [1.807, 2.05) is 12.1 Å². The van der Waals surface area contributed by atoms with E-state index in [2.05, 4.69) is 32.9 Å². The Morgan fingerprint density at radius 2 is 1.76 bits per heavy atom. The second-order valence-corrected chi connectivity index (χ2v) is 5.98. The third-order valence-corrected chi connectivity index (χ3v) is 3.72. The van der Waals surface area contributed by atoms with Gasteiger partial charge in [0.2, 0.25) is 0 Å². The van der Waals surface area contributed by atoms with Gasteiger partial charge in [-0.15, -0.1) is 0 Å². The zero-order valence-electron chi connectivity index (χ0n) is 10.3. The van der Waals surface area contributed by atoms with Crippen LogP contribution in [0.25, 0.3) is 10.8 Å². The Labute approximate surface area is 104 Å². The highest BCUT2D eigenvalue weighted by Crippen LogP contribution is 2.26. The van der Waals surface area contributed by atoms with Crippen LogP contribution in [0, 0.1) is 0 Å². The first-order chi connectivity index (χ1) is 7.93. The lowest BCUT2D eigenvalue weighted by Gasteiger charge is -2.20. The van der Waals surface area contributed by atoms with Gasteiger partial charge in [0.05, 0.1) is 0 Å². The van der Waals surface area contributed by atoms with E-state index in [1.54, 1.807) is 6.07 Å². The zero-order chi connectivity index (χ0) is 12.6. The van der Waals surface area contributed by atoms with E-state index in [-0.39, 0.29) is 20.9 Å². The first-order valence-corrected chi connectivity index (χ1v) is 6.54. The van der Waals surface area contributed by atoms with Crippen molar-refractivity contribution in [2.24, 2.45) is 0 Å². The molecule has 17 heavy (non-hydrogen) atoms. The van der Waals surface area contributed by atoms with Crippen molar-refractivity contribution in [3.8, 4) is 5.75 Å². The summed E-state index contributed by atoms with van der Waals surface area (Å²) in [7, 11) is -0.384. The van der Waals surface area contributed by atoms with Gasteiger partial charge in [0, 0.05) is 5.19 Å². The van der Waals surface area contributed by atoms with Gasteiger partial charge >= 0.3 is 0 Å². The van der Waals surface area contributed by atoms with Crippen LogP contribution in [0.1, 0.15) is 26.3 Å². The Hall–Kier alpha value is -1.32. The van der Waals surface area contributed by atoms with Gasteiger partial charge in [0.1, 0.15) is 5.75 Å². The highest BCUT2D eigenvalue weighted by Gasteiger charge is 2.15. The second kappa shape index (κ2) is 4.16. The maximum absolute atomic E-state index is 9.68. The molecule has 2 aromatic rings. The van der Waals surface area contributed by atoms with Gasteiger partial charge in [0.15, 0.2) is 0 Å². The SMILES string of the molecule is CC(C)(C)c1ccc2c([Si]O)c(O)ccc2c1. The van der Waals surface area contributed by atoms with E-state index in [0.717, 1.165) is 10.8 Å². The number of fused-ring (bicyclic) bond motifs is 1. The van der Waals surface area contributed by atoms with Crippen molar-refractivity contribution in [3.63, 3.8) is 0 Å². The molecule has 3 heteroatoms. The van der Waals surface area contributed by atoms with Crippen LogP contribution < -0.4 is 5.19 Å². The summed E-state index contributed by atoms with van der Waals surface area (Å²) in [6.45, 7) is 6.51. The molecule has 2 aromatic carbocycles. The van der Waals surface area contributed by atoms with Crippen LogP contribution >= 0.6 is 0 Å². The van der Waals surface area contributed by atoms with Crippen molar-refractivity contribution < 1.29 is 9.90 Å². The molecule has 88 valence electrons. The molecule has 0 fully saturated rings. The average Bonchev–Trinajstić information content (AvgIpc) is 2.27. The Bertz CT molecular complexity index is 556. The van der Waals surface area contributed by atoms with Gasteiger partial charge in [-0.3, -0.25) is 0 Å². The molecule has 2 radical (unpaired) electrons. The summed E-state index contributed by atoms with van der Waals surface area (Å²) in [5, 5.41) is 12.3. The highest BCUT2D eigenvalue weighted by molar-refractivity contribution is 6.51. The number of phenols is 1. The molecule has 0 aliphatic carbocycles. The summed E-state index contributed by atoms with van der Waals surface area (Å²) in [5.74, 6) is 0.168. The quantitative estimate of drug-likeness (QED) is 0.754. The van der Waals surface area contributed by atoms with Gasteiger partial charge in [-0.2, -0.15) is 0 Å². The van der Waals surface area contributed by atoms with Crippen molar-refractivity contribution in [1.29, 1.82) is 0 Å². The molecule has 2 rings (SSSR count). The van der Waals surface area contributed by atoms with Crippen LogP contribution in [0.3, 0.4) is 0 Å². The van der Waals surface area contributed by atoms with E-state index in [0.29, 0.717) is 5.19 Å². The lowest BCUT2D eigenvalue weighted by molar-refractivity contribution is 0.478. The number of rotatable bonds is 1. The van der Waals surface area contributed by atoms with E-state index < -0.39 is 0 Å². The molecular weight excluding hydrogens is 228 g/mol. The fraction of sp³-hybridized carbons (Fsp3) is 0.286. The third-order valence-electron chi connectivity index (χ3n) is 2.98. The summed E-state index contributed by atoms with van der Waals surface area (Å²) in [6, 6.07) is 9.70. The van der Waals surface area contributed by atoms with Crippen LogP contribution in [-0.2, 0) is 5.41 Å². The summed E-state index contributed by atoms with van der Waals surface area (Å²) < 4.78 is 0. The minimum Gasteiger partial charge on any atom is -0.508 e. The lowest BCUT2D eigenvalue weighted by Crippen LogP contribution is -2.16. The van der Waals surface area contributed by atoms with E-state index in [1.165, 1.54) is 5.56 Å². The first-order valence-electron chi connectivity index (χ1n) is 5.60. The van der Waals surface area contributed by atoms with Gasteiger partial charge < -0.3 is 9.90 Å². The summed E-state index contributed by atoms with van der Waals surface area (Å²) in [4.78, 5) is 9.31. The molecule has 2 N–H and O–H groups in total. The lowest BCUT2D eigenvalue weighted by atomic mass is 9.86. The molecule has 0 bridgehead atoms. The number of aromatic hydroxyl groups is 1. The van der Waals surface area contributed by atoms with Gasteiger partial charge in [-0.25, -0.2) is 0 Å². The molecule has 0 unspecified atom stereocenters. The molecular formula is C14H16O2Si. The molecule has 0 aromatic heterocycles. The van der Waals surface area contributed by atoms with Gasteiger partial charge in [-0.05, 0) is 27.8 Å². The van der Waals surface area contributed by atoms with Crippen molar-refractivity contribution in [2.75, 3.05) is 0 Å². The maximum atomic E-state index is 9.68. The minimum absolute atomic E-state index is 0.105. The van der Waals surface area contributed by atoms with Crippen LogP contribution in [0.4, 0.5) is 0 Å². The molecule has 0 saturated heterocycles. The number of hydrogen-bond acceptors (Lipinski definition) is 2. The summed E-state index contributed by atoms with van der Waals surface area (Å²) in [6.07, 6.45) is 0. The zero-order valence-corrected chi connectivity index (χ0v) is 11.3. The van der Waals surface area contributed by atoms with Crippen molar-refractivity contribution in [1.82, 2.24) is 0 Å². The Kier molecular flexibility index (Phi) is 2.97. The highest BCUT2D eigenvalue weighted by atomic mass is 28.2. The summed E-state index contributed by atoms with van der Waals surface area (Å²) >= 11 is 0. The topological polar surface area (TPSA) is 40.5 Å². The molecule has 0 aliphatic heterocycles. The van der Waals surface area contributed by atoms with Crippen LogP contribution in [-0.4, -0.2) is 19.7 Å². The number of phenolic OH excluding ortho intramolecular Hbond substituents is 1. The maximum Gasteiger partial charge on any atom is 0.269 e. The summed E-state index contributed by atoms with van der Waals surface area (Å²) in [5.41, 5.74) is 1.36. The first kappa shape index (κ1) is 12.1. The normalized spacial score (nSPS) is 12.0. The molecule has 0 heterocycles. The smallest absolute Gasteiger partial charge is 0.269 e. The fourth-order valence-electron chi connectivity index (χ4n) is 1.90. The monoisotopic (exact) mass is 244 g/mol. The number of benzene rings is 2. The predicted molar refractivity (Wildman–Crippen MR) is 71.9 cm³/mol. The Morgan fingerprint density at radius 3 is 2.35 bits per heavy atom. The predicted octanol–water partition coefficient (Wildman–Crippen LogP) is 2.08. The molecule has 0 aliphatic rings.